The van der Waals surface area contributed by atoms with E-state index in [0.29, 0.717) is 5.56 Å². The van der Waals surface area contributed by atoms with Gasteiger partial charge in [-0.15, -0.1) is 10.2 Å². The maximum absolute atomic E-state index is 12.4. The number of methoxy groups -OCH3 is 1. The molecule has 0 spiro atoms. The fraction of sp³-hybridized carbons (Fsp3) is 0.125. The monoisotopic (exact) mass is 434 g/mol. The van der Waals surface area contributed by atoms with Gasteiger partial charge in [0.2, 0.25) is 11.8 Å². The van der Waals surface area contributed by atoms with Crippen LogP contribution < -0.4 is 5.56 Å². The molecule has 3 rings (SSSR count). The molecule has 11 heteroatoms. The highest BCUT2D eigenvalue weighted by Gasteiger charge is 2.21. The number of carbonyl (C=O) groups excluding carboxylic acids is 1. The molecular formula is C16H11BrN4O6. The van der Waals surface area contributed by atoms with Crippen LogP contribution in [0.4, 0.5) is 5.69 Å². The molecule has 0 saturated carbocycles. The molecule has 0 atom stereocenters. The largest absolute Gasteiger partial charge is 0.465 e. The lowest BCUT2D eigenvalue weighted by atomic mass is 10.2. The number of esters is 1. The van der Waals surface area contributed by atoms with Crippen LogP contribution in [0.2, 0.25) is 0 Å². The van der Waals surface area contributed by atoms with Crippen molar-refractivity contribution in [1.82, 2.24) is 14.8 Å². The first kappa shape index (κ1) is 18.5. The fourth-order valence-electron chi connectivity index (χ4n) is 2.27. The normalized spacial score (nSPS) is 10.6. The van der Waals surface area contributed by atoms with Gasteiger partial charge in [0.05, 0.1) is 18.2 Å². The molecule has 0 saturated heterocycles. The minimum Gasteiger partial charge on any atom is -0.465 e. The van der Waals surface area contributed by atoms with Gasteiger partial charge in [-0.2, -0.15) is 0 Å². The van der Waals surface area contributed by atoms with Gasteiger partial charge in [-0.3, -0.25) is 19.5 Å². The highest BCUT2D eigenvalue weighted by molar-refractivity contribution is 9.10. The van der Waals surface area contributed by atoms with E-state index in [4.69, 9.17) is 4.42 Å². The van der Waals surface area contributed by atoms with E-state index < -0.39 is 27.7 Å². The number of nitrogens with zero attached hydrogens (tertiary/aromatic N) is 4. The molecule has 0 N–H and O–H groups in total. The van der Waals surface area contributed by atoms with Gasteiger partial charge in [0.15, 0.2) is 0 Å². The predicted molar refractivity (Wildman–Crippen MR) is 95.2 cm³/mol. The summed E-state index contributed by atoms with van der Waals surface area (Å²) in [5.41, 5.74) is -1.00. The number of hydrogen-bond donors (Lipinski definition) is 0. The molecule has 1 aromatic carbocycles. The quantitative estimate of drug-likeness (QED) is 0.339. The molecule has 0 amide bonds. The third kappa shape index (κ3) is 3.92. The molecule has 0 radical (unpaired) electrons. The Morgan fingerprint density at radius 2 is 2.04 bits per heavy atom. The van der Waals surface area contributed by atoms with Gasteiger partial charge >= 0.3 is 5.97 Å². The number of hydrogen-bond acceptors (Lipinski definition) is 8. The molecule has 2 aromatic heterocycles. The average Bonchev–Trinajstić information content (AvgIpc) is 3.11. The summed E-state index contributed by atoms with van der Waals surface area (Å²) < 4.78 is 11.8. The minimum atomic E-state index is -0.974. The standard InChI is InChI=1S/C16H11BrN4O6/c1-26-16(23)12-6-11(21(24)25)7-20(15(12)22)8-13-18-19-14(27-13)9-2-4-10(17)5-3-9/h2-7H,8H2,1H3. The van der Waals surface area contributed by atoms with Crippen LogP contribution in [-0.2, 0) is 11.3 Å². The Hall–Kier alpha value is -3.34. The van der Waals surface area contributed by atoms with Crippen molar-refractivity contribution in [3.05, 3.63) is 72.9 Å². The first-order chi connectivity index (χ1) is 12.9. The number of benzene rings is 1. The molecule has 2 heterocycles. The maximum atomic E-state index is 12.4. The highest BCUT2D eigenvalue weighted by atomic mass is 79.9. The zero-order chi connectivity index (χ0) is 19.6. The van der Waals surface area contributed by atoms with Gasteiger partial charge < -0.3 is 9.15 Å². The Labute approximate surface area is 159 Å². The van der Waals surface area contributed by atoms with E-state index in [1.54, 1.807) is 24.3 Å². The summed E-state index contributed by atoms with van der Waals surface area (Å²) in [6.45, 7) is -0.242. The van der Waals surface area contributed by atoms with Crippen molar-refractivity contribution in [2.45, 2.75) is 6.54 Å². The van der Waals surface area contributed by atoms with E-state index in [2.05, 4.69) is 30.9 Å². The van der Waals surface area contributed by atoms with Crippen LogP contribution in [0.3, 0.4) is 0 Å². The van der Waals surface area contributed by atoms with Crippen LogP contribution in [0.15, 0.2) is 50.2 Å². The van der Waals surface area contributed by atoms with Crippen LogP contribution in [0.1, 0.15) is 16.2 Å². The molecule has 0 bridgehead atoms. The van der Waals surface area contributed by atoms with Crippen molar-refractivity contribution in [3.8, 4) is 11.5 Å². The lowest BCUT2D eigenvalue weighted by molar-refractivity contribution is -0.385. The van der Waals surface area contributed by atoms with Gasteiger partial charge in [0.25, 0.3) is 11.2 Å². The van der Waals surface area contributed by atoms with Crippen LogP contribution in [0.25, 0.3) is 11.5 Å². The molecule has 10 nitrogen and oxygen atoms in total. The van der Waals surface area contributed by atoms with Crippen LogP contribution in [0.5, 0.6) is 0 Å². The predicted octanol–water partition coefficient (Wildman–Crippen LogP) is 2.40. The van der Waals surface area contributed by atoms with Crippen molar-refractivity contribution in [3.63, 3.8) is 0 Å². The van der Waals surface area contributed by atoms with Crippen LogP contribution in [-0.4, -0.2) is 32.8 Å². The third-order valence-electron chi connectivity index (χ3n) is 3.55. The van der Waals surface area contributed by atoms with E-state index in [-0.39, 0.29) is 18.3 Å². The van der Waals surface area contributed by atoms with E-state index in [0.717, 1.165) is 28.4 Å². The lowest BCUT2D eigenvalue weighted by Crippen LogP contribution is -2.27. The molecule has 0 unspecified atom stereocenters. The molecule has 3 aromatic rings. The number of rotatable bonds is 5. The van der Waals surface area contributed by atoms with Crippen molar-refractivity contribution in [2.24, 2.45) is 0 Å². The Balaban J connectivity index is 1.97. The Morgan fingerprint density at radius 3 is 2.67 bits per heavy atom. The third-order valence-corrected chi connectivity index (χ3v) is 4.08. The second kappa shape index (κ2) is 7.50. The Kier molecular flexibility index (Phi) is 5.12. The number of aromatic nitrogens is 3. The number of ether oxygens (including phenoxy) is 1. The zero-order valence-electron chi connectivity index (χ0n) is 13.8. The van der Waals surface area contributed by atoms with Crippen molar-refractivity contribution in [2.75, 3.05) is 7.11 Å². The van der Waals surface area contributed by atoms with E-state index in [1.165, 1.54) is 0 Å². The SMILES string of the molecule is COC(=O)c1cc([N+](=O)[O-])cn(Cc2nnc(-c3ccc(Br)cc3)o2)c1=O. The average molecular weight is 435 g/mol. The van der Waals surface area contributed by atoms with Crippen molar-refractivity contribution < 1.29 is 18.9 Å². The maximum Gasteiger partial charge on any atom is 0.343 e. The van der Waals surface area contributed by atoms with Gasteiger partial charge in [-0.1, -0.05) is 15.9 Å². The summed E-state index contributed by atoms with van der Waals surface area (Å²) >= 11 is 3.32. The van der Waals surface area contributed by atoms with E-state index in [1.807, 2.05) is 0 Å². The van der Waals surface area contributed by atoms with E-state index >= 15 is 0 Å². The topological polar surface area (TPSA) is 130 Å². The number of nitro groups is 1. The second-order valence-corrected chi connectivity index (χ2v) is 6.22. The van der Waals surface area contributed by atoms with Crippen molar-refractivity contribution in [1.29, 1.82) is 0 Å². The Bertz CT molecular complexity index is 1070. The first-order valence-corrected chi connectivity index (χ1v) is 8.24. The number of halogens is 1. The van der Waals surface area contributed by atoms with Gasteiger partial charge in [-0.25, -0.2) is 4.79 Å². The summed E-state index contributed by atoms with van der Waals surface area (Å²) in [5, 5.41) is 18.8. The zero-order valence-corrected chi connectivity index (χ0v) is 15.4. The summed E-state index contributed by atoms with van der Waals surface area (Å²) in [6, 6.07) is 7.98. The van der Waals surface area contributed by atoms with Gasteiger partial charge in [0, 0.05) is 16.1 Å². The molecule has 27 heavy (non-hydrogen) atoms. The lowest BCUT2D eigenvalue weighted by Gasteiger charge is -2.05. The minimum absolute atomic E-state index is 0.0475. The first-order valence-electron chi connectivity index (χ1n) is 7.44. The highest BCUT2D eigenvalue weighted by Crippen LogP contribution is 2.21. The molecule has 138 valence electrons. The summed E-state index contributed by atoms with van der Waals surface area (Å²) in [4.78, 5) is 34.5. The molecular weight excluding hydrogens is 424 g/mol. The van der Waals surface area contributed by atoms with Crippen molar-refractivity contribution >= 4 is 27.6 Å². The molecule has 0 aliphatic heterocycles. The second-order valence-electron chi connectivity index (χ2n) is 5.30. The summed E-state index contributed by atoms with van der Waals surface area (Å²) in [6.07, 6.45) is 0.998. The van der Waals surface area contributed by atoms with Crippen LogP contribution >= 0.6 is 15.9 Å². The van der Waals surface area contributed by atoms with Gasteiger partial charge in [-0.05, 0) is 24.3 Å². The number of pyridine rings is 1. The summed E-state index contributed by atoms with van der Waals surface area (Å²) in [7, 11) is 1.08. The summed E-state index contributed by atoms with van der Waals surface area (Å²) in [5.74, 6) is -0.700. The number of carbonyl (C=O) groups is 1. The molecule has 0 aliphatic rings. The van der Waals surface area contributed by atoms with Crippen LogP contribution in [0, 0.1) is 10.1 Å². The fourth-order valence-corrected chi connectivity index (χ4v) is 2.53. The van der Waals surface area contributed by atoms with E-state index in [9.17, 15) is 19.7 Å². The smallest absolute Gasteiger partial charge is 0.343 e. The molecule has 0 fully saturated rings. The molecule has 0 aliphatic carbocycles. The Morgan fingerprint density at radius 1 is 1.33 bits per heavy atom. The van der Waals surface area contributed by atoms with Gasteiger partial charge in [0.1, 0.15) is 12.1 Å².